The fourth-order valence-electron chi connectivity index (χ4n) is 3.34. The lowest BCUT2D eigenvalue weighted by atomic mass is 10.0. The molecule has 10 heteroatoms. The van der Waals surface area contributed by atoms with Gasteiger partial charge in [-0.05, 0) is 29.7 Å². The van der Waals surface area contributed by atoms with Crippen molar-refractivity contribution in [3.8, 4) is 11.1 Å². The van der Waals surface area contributed by atoms with Crippen LogP contribution in [0.3, 0.4) is 0 Å². The second-order valence-electron chi connectivity index (χ2n) is 8.19. The Balaban J connectivity index is 1.87. The fraction of sp³-hybridized carbons (Fsp3) is 0.320. The molecule has 3 rings (SSSR count). The average Bonchev–Trinajstić information content (AvgIpc) is 2.83. The first-order valence-electron chi connectivity index (χ1n) is 11.4. The molecule has 184 valence electrons. The van der Waals surface area contributed by atoms with Gasteiger partial charge >= 0.3 is 5.97 Å². The second kappa shape index (κ2) is 12.1. The van der Waals surface area contributed by atoms with E-state index in [1.807, 2.05) is 43.3 Å². The van der Waals surface area contributed by atoms with Crippen molar-refractivity contribution in [3.63, 3.8) is 0 Å². The van der Waals surface area contributed by atoms with Crippen molar-refractivity contribution in [2.24, 2.45) is 16.3 Å². The topological polar surface area (TPSA) is 132 Å². The molecular formula is C25H30ClN7O2. The molecule has 1 aromatic heterocycles. The van der Waals surface area contributed by atoms with E-state index in [1.165, 1.54) is 0 Å². The Labute approximate surface area is 210 Å². The highest BCUT2D eigenvalue weighted by Gasteiger charge is 2.15. The monoisotopic (exact) mass is 495 g/mol. The molecule has 0 amide bonds. The molecule has 0 atom stereocenters. The summed E-state index contributed by atoms with van der Waals surface area (Å²) in [6, 6.07) is 15.2. The Hall–Kier alpha value is -3.72. The molecular weight excluding hydrogens is 466 g/mol. The van der Waals surface area contributed by atoms with Crippen LogP contribution in [0.1, 0.15) is 32.0 Å². The highest BCUT2D eigenvalue weighted by Crippen LogP contribution is 2.35. The normalized spacial score (nSPS) is 11.2. The lowest BCUT2D eigenvalue weighted by Crippen LogP contribution is -2.24. The number of aromatic nitrogens is 2. The van der Waals surface area contributed by atoms with Crippen LogP contribution in [0.15, 0.2) is 58.9 Å². The minimum absolute atomic E-state index is 0.131. The maximum atomic E-state index is 11.8. The first-order valence-corrected chi connectivity index (χ1v) is 11.7. The molecule has 0 radical (unpaired) electrons. The Bertz CT molecular complexity index is 1190. The van der Waals surface area contributed by atoms with E-state index < -0.39 is 0 Å². The van der Waals surface area contributed by atoms with Gasteiger partial charge < -0.3 is 16.2 Å². The predicted molar refractivity (Wildman–Crippen MR) is 138 cm³/mol. The number of nitrogen functional groups attached to an aromatic ring is 2. The largest absolute Gasteiger partial charge is 0.464 e. The first kappa shape index (κ1) is 25.9. The summed E-state index contributed by atoms with van der Waals surface area (Å²) in [5, 5.41) is 11.0. The number of hydrogen-bond acceptors (Lipinski definition) is 8. The Morgan fingerprint density at radius 1 is 1.14 bits per heavy atom. The Morgan fingerprint density at radius 2 is 1.89 bits per heavy atom. The minimum atomic E-state index is -0.257. The molecule has 1 heterocycles. The number of hydrogen-bond donors (Lipinski definition) is 2. The third kappa shape index (κ3) is 7.13. The second-order valence-corrected chi connectivity index (χ2v) is 8.60. The molecule has 0 fully saturated rings. The van der Waals surface area contributed by atoms with Gasteiger partial charge in [0.1, 0.15) is 18.1 Å². The number of nitrogens with two attached hydrogens (primary N) is 2. The molecule has 0 spiro atoms. The van der Waals surface area contributed by atoms with Crippen LogP contribution in [-0.2, 0) is 22.5 Å². The highest BCUT2D eigenvalue weighted by atomic mass is 35.5. The summed E-state index contributed by atoms with van der Waals surface area (Å²) >= 11 is 6.42. The van der Waals surface area contributed by atoms with Gasteiger partial charge in [0.25, 0.3) is 0 Å². The van der Waals surface area contributed by atoms with Crippen LogP contribution < -0.4 is 11.5 Å². The zero-order chi connectivity index (χ0) is 25.4. The molecule has 35 heavy (non-hydrogen) atoms. The molecule has 3 aromatic rings. The van der Waals surface area contributed by atoms with Crippen molar-refractivity contribution in [1.29, 1.82) is 0 Å². The number of aryl methyl sites for hydroxylation is 1. The number of carbonyl (C=O) groups is 1. The molecule has 4 N–H and O–H groups in total. The maximum Gasteiger partial charge on any atom is 0.308 e. The van der Waals surface area contributed by atoms with Crippen molar-refractivity contribution < 1.29 is 9.53 Å². The van der Waals surface area contributed by atoms with Crippen molar-refractivity contribution in [1.82, 2.24) is 15.0 Å². The number of halogens is 1. The van der Waals surface area contributed by atoms with Crippen LogP contribution in [0.25, 0.3) is 11.1 Å². The quantitative estimate of drug-likeness (QED) is 0.223. The van der Waals surface area contributed by atoms with Crippen LogP contribution in [0, 0.1) is 5.92 Å². The van der Waals surface area contributed by atoms with E-state index in [9.17, 15) is 4.79 Å². The van der Waals surface area contributed by atoms with E-state index in [4.69, 9.17) is 27.8 Å². The number of carbonyl (C=O) groups excluding carboxylic acids is 1. The van der Waals surface area contributed by atoms with Gasteiger partial charge in [-0.3, -0.25) is 9.80 Å². The Morgan fingerprint density at radius 3 is 2.57 bits per heavy atom. The van der Waals surface area contributed by atoms with Crippen molar-refractivity contribution in [2.75, 3.05) is 24.6 Å². The van der Waals surface area contributed by atoms with Gasteiger partial charge in [0.15, 0.2) is 0 Å². The summed E-state index contributed by atoms with van der Waals surface area (Å²) in [4.78, 5) is 20.3. The third-order valence-corrected chi connectivity index (χ3v) is 5.47. The average molecular weight is 496 g/mol. The number of ether oxygens (including phenoxy) is 1. The van der Waals surface area contributed by atoms with Crippen LogP contribution >= 0.6 is 11.6 Å². The van der Waals surface area contributed by atoms with Crippen molar-refractivity contribution in [3.05, 3.63) is 64.8 Å². The molecule has 0 saturated carbocycles. The van der Waals surface area contributed by atoms with Gasteiger partial charge in [-0.2, -0.15) is 4.98 Å². The number of rotatable bonds is 10. The molecule has 0 bridgehead atoms. The minimum Gasteiger partial charge on any atom is -0.464 e. The van der Waals surface area contributed by atoms with Gasteiger partial charge in [-0.15, -0.1) is 5.11 Å². The van der Waals surface area contributed by atoms with Gasteiger partial charge in [-0.1, -0.05) is 74.0 Å². The van der Waals surface area contributed by atoms with E-state index in [0.717, 1.165) is 16.8 Å². The summed E-state index contributed by atoms with van der Waals surface area (Å²) in [7, 11) is 0. The molecule has 0 aliphatic heterocycles. The van der Waals surface area contributed by atoms with E-state index >= 15 is 0 Å². The van der Waals surface area contributed by atoms with Gasteiger partial charge in [-0.25, -0.2) is 4.98 Å². The first-order chi connectivity index (χ1) is 16.8. The molecule has 0 aliphatic rings. The van der Waals surface area contributed by atoms with Gasteiger partial charge in [0.05, 0.1) is 29.7 Å². The molecule has 0 aliphatic carbocycles. The molecule has 0 unspecified atom stereocenters. The van der Waals surface area contributed by atoms with Crippen LogP contribution in [0.4, 0.5) is 17.5 Å². The van der Waals surface area contributed by atoms with E-state index in [0.29, 0.717) is 35.8 Å². The molecule has 0 saturated heterocycles. The standard InChI is InChI=1S/C25H30ClN7O2/c1-4-20-22(23(27)30-25(28)29-20)18-10-11-19(26)21(14-18)31-32-33(12-13-35-24(34)16(2)3)15-17-8-6-5-7-9-17/h5-11,14,16H,4,12-13,15H2,1-3H3,(H4,27,28,29,30). The fourth-order valence-corrected chi connectivity index (χ4v) is 3.50. The summed E-state index contributed by atoms with van der Waals surface area (Å²) in [6.45, 7) is 6.60. The lowest BCUT2D eigenvalue weighted by Gasteiger charge is -2.18. The lowest BCUT2D eigenvalue weighted by molar-refractivity contribution is -0.147. The van der Waals surface area contributed by atoms with Gasteiger partial charge in [0, 0.05) is 5.56 Å². The SMILES string of the molecule is CCc1nc(N)nc(N)c1-c1ccc(Cl)c(N=NN(CCOC(=O)C(C)C)Cc2ccccc2)c1. The Kier molecular flexibility index (Phi) is 8.97. The summed E-state index contributed by atoms with van der Waals surface area (Å²) in [5.41, 5.74) is 15.6. The molecule has 2 aromatic carbocycles. The third-order valence-electron chi connectivity index (χ3n) is 5.15. The maximum absolute atomic E-state index is 11.8. The van der Waals surface area contributed by atoms with Gasteiger partial charge in [0.2, 0.25) is 5.95 Å². The van der Waals surface area contributed by atoms with Crippen molar-refractivity contribution >= 4 is 35.0 Å². The zero-order valence-electron chi connectivity index (χ0n) is 20.1. The van der Waals surface area contributed by atoms with Crippen molar-refractivity contribution in [2.45, 2.75) is 33.7 Å². The van der Waals surface area contributed by atoms with Crippen LogP contribution in [-0.4, -0.2) is 34.1 Å². The predicted octanol–water partition coefficient (Wildman–Crippen LogP) is 5.22. The van der Waals surface area contributed by atoms with E-state index in [2.05, 4.69) is 20.3 Å². The summed E-state index contributed by atoms with van der Waals surface area (Å²) in [6.07, 6.45) is 0.631. The van der Waals surface area contributed by atoms with Crippen LogP contribution in [0.2, 0.25) is 5.02 Å². The van der Waals surface area contributed by atoms with E-state index in [-0.39, 0.29) is 30.3 Å². The summed E-state index contributed by atoms with van der Waals surface area (Å²) in [5.74, 6) is -0.0326. The molecule has 9 nitrogen and oxygen atoms in total. The number of anilines is 2. The van der Waals surface area contributed by atoms with Crippen LogP contribution in [0.5, 0.6) is 0 Å². The van der Waals surface area contributed by atoms with E-state index in [1.54, 1.807) is 31.0 Å². The number of esters is 1. The smallest absolute Gasteiger partial charge is 0.308 e. The number of nitrogens with zero attached hydrogens (tertiary/aromatic N) is 5. The highest BCUT2D eigenvalue weighted by molar-refractivity contribution is 6.33. The summed E-state index contributed by atoms with van der Waals surface area (Å²) < 4.78 is 5.33. The number of benzene rings is 2. The zero-order valence-corrected chi connectivity index (χ0v) is 20.9.